The van der Waals surface area contributed by atoms with Gasteiger partial charge in [0.05, 0.1) is 19.9 Å². The summed E-state index contributed by atoms with van der Waals surface area (Å²) < 4.78 is 10.7. The first-order valence-electron chi connectivity index (χ1n) is 11.7. The summed E-state index contributed by atoms with van der Waals surface area (Å²) in [7, 11) is 2.53. The van der Waals surface area contributed by atoms with E-state index in [-0.39, 0.29) is 11.0 Å². The molecule has 0 saturated carbocycles. The largest absolute Gasteiger partial charge is 0.465 e. The fourth-order valence-electron chi connectivity index (χ4n) is 4.34. The molecule has 0 atom stereocenters. The number of nitrogens with zero attached hydrogens (tertiary/aromatic N) is 2. The highest BCUT2D eigenvalue weighted by Crippen LogP contribution is 2.43. The van der Waals surface area contributed by atoms with Crippen molar-refractivity contribution in [3.8, 4) is 0 Å². The van der Waals surface area contributed by atoms with Crippen molar-refractivity contribution >= 4 is 50.7 Å². The molecule has 1 saturated heterocycles. The van der Waals surface area contributed by atoms with E-state index >= 15 is 0 Å². The number of methoxy groups -OCH3 is 2. The van der Waals surface area contributed by atoms with Gasteiger partial charge in [0, 0.05) is 41.4 Å². The summed E-state index contributed by atoms with van der Waals surface area (Å²) in [5, 5.41) is 0.688. The van der Waals surface area contributed by atoms with Crippen molar-refractivity contribution < 1.29 is 19.1 Å². The molecule has 0 unspecified atom stereocenters. The molecule has 2 aromatic carbocycles. The molecule has 0 radical (unpaired) electrons. The van der Waals surface area contributed by atoms with E-state index in [1.807, 2.05) is 59.5 Å². The molecule has 0 spiro atoms. The number of rotatable bonds is 6. The first-order chi connectivity index (χ1) is 17.1. The second-order valence-corrected chi connectivity index (χ2v) is 10.7. The number of anilines is 1. The number of halogens is 2. The third-order valence-electron chi connectivity index (χ3n) is 6.04. The number of piperazine rings is 1. The van der Waals surface area contributed by atoms with Gasteiger partial charge in [-0.15, -0.1) is 0 Å². The van der Waals surface area contributed by atoms with Crippen LogP contribution in [0, 0.1) is 5.41 Å². The van der Waals surface area contributed by atoms with Crippen molar-refractivity contribution in [1.82, 2.24) is 4.90 Å². The Morgan fingerprint density at radius 3 is 1.86 bits per heavy atom. The van der Waals surface area contributed by atoms with Gasteiger partial charge in [-0.1, -0.05) is 62.7 Å². The number of esters is 2. The average Bonchev–Trinajstić information content (AvgIpc) is 2.87. The van der Waals surface area contributed by atoms with Crippen LogP contribution < -0.4 is 4.90 Å². The highest BCUT2D eigenvalue weighted by Gasteiger charge is 2.34. The average molecular weight is 576 g/mol. The van der Waals surface area contributed by atoms with Crippen molar-refractivity contribution in [3.05, 3.63) is 80.9 Å². The van der Waals surface area contributed by atoms with E-state index in [4.69, 9.17) is 21.1 Å². The lowest BCUT2D eigenvalue weighted by Gasteiger charge is -2.40. The van der Waals surface area contributed by atoms with Crippen LogP contribution in [0.1, 0.15) is 26.3 Å². The van der Waals surface area contributed by atoms with Gasteiger partial charge in [0.1, 0.15) is 0 Å². The van der Waals surface area contributed by atoms with Crippen molar-refractivity contribution in [3.63, 3.8) is 0 Å². The standard InChI is InChI=1S/C28H32BrClN2O4/c1-28(2,3)23(19-9-7-6-8-10-19)24(29)25(22(26(33)35-4)27(34)36-5)32-17-15-31(16-18-32)21-13-11-20(30)12-14-21/h6-14H,15-18H2,1-5H3/b24-23+. The van der Waals surface area contributed by atoms with Crippen LogP contribution in [0.4, 0.5) is 5.69 Å². The molecule has 1 heterocycles. The molecular weight excluding hydrogens is 544 g/mol. The van der Waals surface area contributed by atoms with Crippen LogP contribution in [-0.2, 0) is 19.1 Å². The molecule has 1 fully saturated rings. The van der Waals surface area contributed by atoms with Crippen LogP contribution in [0.3, 0.4) is 0 Å². The number of carbonyl (C=O) groups excluding carboxylic acids is 2. The molecule has 2 aromatic rings. The normalized spacial score (nSPS) is 14.6. The summed E-state index contributed by atoms with van der Waals surface area (Å²) in [6.07, 6.45) is 0. The van der Waals surface area contributed by atoms with E-state index in [0.29, 0.717) is 41.4 Å². The Morgan fingerprint density at radius 2 is 1.39 bits per heavy atom. The lowest BCUT2D eigenvalue weighted by atomic mass is 9.81. The highest BCUT2D eigenvalue weighted by molar-refractivity contribution is 9.12. The Kier molecular flexibility index (Phi) is 9.25. The van der Waals surface area contributed by atoms with Crippen LogP contribution in [0.15, 0.2) is 70.3 Å². The lowest BCUT2D eigenvalue weighted by molar-refractivity contribution is -0.144. The van der Waals surface area contributed by atoms with Crippen LogP contribution in [-0.4, -0.2) is 57.2 Å². The summed E-state index contributed by atoms with van der Waals surface area (Å²) in [5.41, 5.74) is 3.04. The first-order valence-corrected chi connectivity index (χ1v) is 12.9. The highest BCUT2D eigenvalue weighted by atomic mass is 79.9. The van der Waals surface area contributed by atoms with Gasteiger partial charge in [-0.2, -0.15) is 0 Å². The fourth-order valence-corrected chi connectivity index (χ4v) is 5.74. The fraction of sp³-hybridized carbons (Fsp3) is 0.357. The Balaban J connectivity index is 2.15. The van der Waals surface area contributed by atoms with Gasteiger partial charge in [0.25, 0.3) is 0 Å². The number of carbonyl (C=O) groups is 2. The quantitative estimate of drug-likeness (QED) is 0.140. The zero-order valence-corrected chi connectivity index (χ0v) is 23.6. The van der Waals surface area contributed by atoms with Gasteiger partial charge in [-0.25, -0.2) is 9.59 Å². The van der Waals surface area contributed by atoms with E-state index in [2.05, 4.69) is 41.6 Å². The Hall–Kier alpha value is -2.77. The van der Waals surface area contributed by atoms with Crippen molar-refractivity contribution in [1.29, 1.82) is 0 Å². The third kappa shape index (κ3) is 6.31. The van der Waals surface area contributed by atoms with Gasteiger partial charge in [0.2, 0.25) is 0 Å². The molecule has 1 aliphatic rings. The van der Waals surface area contributed by atoms with Crippen LogP contribution in [0.25, 0.3) is 5.57 Å². The molecule has 1 aliphatic heterocycles. The topological polar surface area (TPSA) is 59.1 Å². The maximum atomic E-state index is 13.0. The second-order valence-electron chi connectivity index (χ2n) is 9.46. The molecule has 6 nitrogen and oxygen atoms in total. The van der Waals surface area contributed by atoms with E-state index < -0.39 is 11.9 Å². The van der Waals surface area contributed by atoms with Crippen molar-refractivity contribution in [2.24, 2.45) is 5.41 Å². The third-order valence-corrected chi connectivity index (χ3v) is 7.07. The van der Waals surface area contributed by atoms with Gasteiger partial charge in [0.15, 0.2) is 5.57 Å². The zero-order valence-electron chi connectivity index (χ0n) is 21.3. The molecular formula is C28H32BrClN2O4. The molecule has 8 heteroatoms. The minimum atomic E-state index is -0.741. The number of benzene rings is 2. The molecule has 0 N–H and O–H groups in total. The number of hydrogen-bond donors (Lipinski definition) is 0. The van der Waals surface area contributed by atoms with E-state index in [1.54, 1.807) is 0 Å². The maximum Gasteiger partial charge on any atom is 0.347 e. The Labute approximate surface area is 226 Å². The van der Waals surface area contributed by atoms with E-state index in [1.165, 1.54) is 14.2 Å². The van der Waals surface area contributed by atoms with Gasteiger partial charge in [-0.05, 0) is 56.7 Å². The Bertz CT molecular complexity index is 1130. The summed E-state index contributed by atoms with van der Waals surface area (Å²) in [6.45, 7) is 8.84. The molecule has 0 aromatic heterocycles. The minimum Gasteiger partial charge on any atom is -0.465 e. The zero-order chi connectivity index (χ0) is 26.5. The van der Waals surface area contributed by atoms with E-state index in [0.717, 1.165) is 16.8 Å². The first kappa shape index (κ1) is 27.8. The molecule has 3 rings (SSSR count). The minimum absolute atomic E-state index is 0.135. The van der Waals surface area contributed by atoms with Crippen LogP contribution >= 0.6 is 27.5 Å². The summed E-state index contributed by atoms with van der Waals surface area (Å²) in [5.74, 6) is -1.48. The number of hydrogen-bond acceptors (Lipinski definition) is 6. The SMILES string of the molecule is COC(=O)C(C(=O)OC)=C(/C(Br)=C(/c1ccccc1)C(C)(C)C)N1CCN(c2ccc(Cl)cc2)CC1. The van der Waals surface area contributed by atoms with Crippen molar-refractivity contribution in [2.45, 2.75) is 20.8 Å². The molecule has 36 heavy (non-hydrogen) atoms. The molecule has 0 bridgehead atoms. The number of ether oxygens (including phenoxy) is 2. The van der Waals surface area contributed by atoms with E-state index in [9.17, 15) is 9.59 Å². The predicted octanol–water partition coefficient (Wildman–Crippen LogP) is 5.91. The molecule has 0 amide bonds. The van der Waals surface area contributed by atoms with Gasteiger partial charge in [-0.3, -0.25) is 0 Å². The predicted molar refractivity (Wildman–Crippen MR) is 148 cm³/mol. The van der Waals surface area contributed by atoms with Crippen LogP contribution in [0.5, 0.6) is 0 Å². The summed E-state index contributed by atoms with van der Waals surface area (Å²) in [4.78, 5) is 30.2. The summed E-state index contributed by atoms with van der Waals surface area (Å²) in [6, 6.07) is 17.7. The van der Waals surface area contributed by atoms with Crippen molar-refractivity contribution in [2.75, 3.05) is 45.3 Å². The molecule has 0 aliphatic carbocycles. The Morgan fingerprint density at radius 1 is 0.861 bits per heavy atom. The lowest BCUT2D eigenvalue weighted by Crippen LogP contribution is -2.47. The second kappa shape index (κ2) is 12.0. The maximum absolute atomic E-state index is 13.0. The van der Waals surface area contributed by atoms with Crippen LogP contribution in [0.2, 0.25) is 5.02 Å². The van der Waals surface area contributed by atoms with Gasteiger partial charge >= 0.3 is 11.9 Å². The molecule has 192 valence electrons. The monoisotopic (exact) mass is 574 g/mol. The summed E-state index contributed by atoms with van der Waals surface area (Å²) >= 11 is 9.88. The number of allylic oxidation sites excluding steroid dienone is 2. The smallest absolute Gasteiger partial charge is 0.347 e. The van der Waals surface area contributed by atoms with Gasteiger partial charge < -0.3 is 19.3 Å².